The van der Waals surface area contributed by atoms with Crippen molar-refractivity contribution in [2.75, 3.05) is 19.8 Å². The van der Waals surface area contributed by atoms with Crippen LogP contribution in [0.5, 0.6) is 0 Å². The molecule has 4 heteroatoms. The normalized spacial score (nSPS) is 28.9. The van der Waals surface area contributed by atoms with E-state index >= 15 is 0 Å². The van der Waals surface area contributed by atoms with E-state index in [-0.39, 0.29) is 6.04 Å². The summed E-state index contributed by atoms with van der Waals surface area (Å²) >= 11 is 0. The van der Waals surface area contributed by atoms with E-state index in [1.807, 2.05) is 20.8 Å². The number of piperidine rings is 1. The van der Waals surface area contributed by atoms with Crippen LogP contribution in [0.1, 0.15) is 40.0 Å². The fourth-order valence-electron chi connectivity index (χ4n) is 2.46. The Bertz CT molecular complexity index is 244. The van der Waals surface area contributed by atoms with Gasteiger partial charge in [0.2, 0.25) is 0 Å². The van der Waals surface area contributed by atoms with Gasteiger partial charge in [-0.05, 0) is 46.6 Å². The van der Waals surface area contributed by atoms with Crippen LogP contribution in [0.15, 0.2) is 0 Å². The van der Waals surface area contributed by atoms with Crippen LogP contribution in [-0.2, 0) is 9.53 Å². The van der Waals surface area contributed by atoms with Crippen molar-refractivity contribution in [1.82, 2.24) is 4.90 Å². The maximum atomic E-state index is 11.4. The molecule has 16 heavy (non-hydrogen) atoms. The van der Waals surface area contributed by atoms with E-state index in [9.17, 15) is 9.90 Å². The lowest BCUT2D eigenvalue weighted by Crippen LogP contribution is -2.59. The van der Waals surface area contributed by atoms with Crippen LogP contribution in [0.4, 0.5) is 0 Å². The smallest absolute Gasteiger partial charge is 0.323 e. The second-order valence-electron chi connectivity index (χ2n) is 4.74. The maximum absolute atomic E-state index is 11.4. The second-order valence-corrected chi connectivity index (χ2v) is 4.74. The van der Waals surface area contributed by atoms with Crippen molar-refractivity contribution in [2.45, 2.75) is 51.6 Å². The van der Waals surface area contributed by atoms with E-state index in [0.29, 0.717) is 13.2 Å². The minimum atomic E-state index is -0.714. The quantitative estimate of drug-likeness (QED) is 0.780. The van der Waals surface area contributed by atoms with Gasteiger partial charge in [-0.15, -0.1) is 0 Å². The number of rotatable bonds is 5. The molecule has 0 aromatic carbocycles. The van der Waals surface area contributed by atoms with Crippen LogP contribution < -0.4 is 0 Å². The van der Waals surface area contributed by atoms with Crippen molar-refractivity contribution < 1.29 is 14.6 Å². The largest absolute Gasteiger partial charge is 0.480 e. The summed E-state index contributed by atoms with van der Waals surface area (Å²) in [4.78, 5) is 13.5. The molecule has 1 fully saturated rings. The van der Waals surface area contributed by atoms with Gasteiger partial charge in [-0.2, -0.15) is 0 Å². The van der Waals surface area contributed by atoms with Gasteiger partial charge in [-0.25, -0.2) is 0 Å². The number of hydrogen-bond acceptors (Lipinski definition) is 3. The van der Waals surface area contributed by atoms with Crippen molar-refractivity contribution in [3.63, 3.8) is 0 Å². The van der Waals surface area contributed by atoms with Crippen molar-refractivity contribution >= 4 is 5.97 Å². The summed E-state index contributed by atoms with van der Waals surface area (Å²) in [5, 5.41) is 9.36. The molecule has 0 aliphatic carbocycles. The number of nitrogens with zero attached hydrogens (tertiary/aromatic N) is 1. The molecule has 1 heterocycles. The van der Waals surface area contributed by atoms with Gasteiger partial charge >= 0.3 is 5.97 Å². The molecule has 1 N–H and O–H groups in total. The van der Waals surface area contributed by atoms with Gasteiger partial charge in [-0.3, -0.25) is 9.69 Å². The van der Waals surface area contributed by atoms with Crippen LogP contribution >= 0.6 is 0 Å². The molecule has 0 amide bonds. The molecule has 4 nitrogen and oxygen atoms in total. The highest BCUT2D eigenvalue weighted by Gasteiger charge is 2.43. The lowest BCUT2D eigenvalue weighted by atomic mass is 9.87. The zero-order valence-corrected chi connectivity index (χ0v) is 10.5. The van der Waals surface area contributed by atoms with E-state index in [1.165, 1.54) is 0 Å². The molecule has 1 saturated heterocycles. The SMILES string of the molecule is CCOCC(C)N1CCCCC1(C)C(=O)O. The van der Waals surface area contributed by atoms with E-state index in [0.717, 1.165) is 25.8 Å². The fraction of sp³-hybridized carbons (Fsp3) is 0.917. The van der Waals surface area contributed by atoms with Crippen molar-refractivity contribution in [2.24, 2.45) is 0 Å². The van der Waals surface area contributed by atoms with Crippen LogP contribution in [0.2, 0.25) is 0 Å². The van der Waals surface area contributed by atoms with Gasteiger partial charge in [0.15, 0.2) is 0 Å². The van der Waals surface area contributed by atoms with Gasteiger partial charge in [-0.1, -0.05) is 0 Å². The molecule has 1 aliphatic rings. The topological polar surface area (TPSA) is 49.8 Å². The summed E-state index contributed by atoms with van der Waals surface area (Å²) in [5.41, 5.74) is -0.714. The van der Waals surface area contributed by atoms with Gasteiger partial charge in [0.1, 0.15) is 5.54 Å². The fourth-order valence-corrected chi connectivity index (χ4v) is 2.46. The lowest BCUT2D eigenvalue weighted by molar-refractivity contribution is -0.155. The minimum absolute atomic E-state index is 0.168. The Morgan fingerprint density at radius 1 is 1.56 bits per heavy atom. The van der Waals surface area contributed by atoms with E-state index in [4.69, 9.17) is 4.74 Å². The summed E-state index contributed by atoms with van der Waals surface area (Å²) in [6.07, 6.45) is 2.82. The molecule has 0 aromatic rings. The zero-order chi connectivity index (χ0) is 12.2. The Hall–Kier alpha value is -0.610. The number of carbonyl (C=O) groups is 1. The molecule has 0 bridgehead atoms. The third kappa shape index (κ3) is 2.74. The number of carboxylic acids is 1. The Morgan fingerprint density at radius 2 is 2.25 bits per heavy atom. The van der Waals surface area contributed by atoms with E-state index in [2.05, 4.69) is 4.90 Å². The van der Waals surface area contributed by atoms with Crippen LogP contribution in [0.25, 0.3) is 0 Å². The van der Waals surface area contributed by atoms with E-state index < -0.39 is 11.5 Å². The molecule has 1 aliphatic heterocycles. The molecule has 94 valence electrons. The highest BCUT2D eigenvalue weighted by atomic mass is 16.5. The highest BCUT2D eigenvalue weighted by Crippen LogP contribution is 2.30. The number of likely N-dealkylation sites (tertiary alicyclic amines) is 1. The monoisotopic (exact) mass is 229 g/mol. The van der Waals surface area contributed by atoms with Gasteiger partial charge < -0.3 is 9.84 Å². The molecular formula is C12H23NO3. The number of carboxylic acid groups (broad SMARTS) is 1. The summed E-state index contributed by atoms with van der Waals surface area (Å²) in [7, 11) is 0. The first-order chi connectivity index (χ1) is 7.52. The average molecular weight is 229 g/mol. The molecule has 0 saturated carbocycles. The first-order valence-corrected chi connectivity index (χ1v) is 6.10. The van der Waals surface area contributed by atoms with Crippen molar-refractivity contribution in [1.29, 1.82) is 0 Å². The third-order valence-corrected chi connectivity index (χ3v) is 3.50. The Balaban J connectivity index is 2.70. The Labute approximate surface area is 97.6 Å². The van der Waals surface area contributed by atoms with E-state index in [1.54, 1.807) is 0 Å². The van der Waals surface area contributed by atoms with Crippen LogP contribution in [0, 0.1) is 0 Å². The molecular weight excluding hydrogens is 206 g/mol. The summed E-state index contributed by atoms with van der Waals surface area (Å²) in [5.74, 6) is -0.712. The summed E-state index contributed by atoms with van der Waals surface area (Å²) in [6.45, 7) is 7.98. The summed E-state index contributed by atoms with van der Waals surface area (Å²) < 4.78 is 5.39. The highest BCUT2D eigenvalue weighted by molar-refractivity contribution is 5.78. The first kappa shape index (κ1) is 13.5. The summed E-state index contributed by atoms with van der Waals surface area (Å²) in [6, 6.07) is 0.168. The molecule has 2 atom stereocenters. The molecule has 0 aromatic heterocycles. The van der Waals surface area contributed by atoms with Crippen molar-refractivity contribution in [3.05, 3.63) is 0 Å². The Kier molecular flexibility index (Phi) is 4.74. The predicted octanol–water partition coefficient (Wildman–Crippen LogP) is 1.74. The number of hydrogen-bond donors (Lipinski definition) is 1. The minimum Gasteiger partial charge on any atom is -0.480 e. The van der Waals surface area contributed by atoms with Gasteiger partial charge in [0, 0.05) is 12.6 Å². The standard InChI is InChI=1S/C12H23NO3/c1-4-16-9-10(2)13-8-6-5-7-12(13,3)11(14)15/h10H,4-9H2,1-3H3,(H,14,15). The third-order valence-electron chi connectivity index (χ3n) is 3.50. The van der Waals surface area contributed by atoms with Crippen LogP contribution in [-0.4, -0.2) is 47.3 Å². The lowest BCUT2D eigenvalue weighted by Gasteiger charge is -2.45. The van der Waals surface area contributed by atoms with Gasteiger partial charge in [0.25, 0.3) is 0 Å². The number of ether oxygens (including phenoxy) is 1. The second kappa shape index (κ2) is 5.64. The Morgan fingerprint density at radius 3 is 2.81 bits per heavy atom. The number of aliphatic carboxylic acids is 1. The molecule has 0 spiro atoms. The first-order valence-electron chi connectivity index (χ1n) is 6.10. The zero-order valence-electron chi connectivity index (χ0n) is 10.5. The van der Waals surface area contributed by atoms with Crippen LogP contribution in [0.3, 0.4) is 0 Å². The molecule has 0 radical (unpaired) electrons. The predicted molar refractivity (Wildman–Crippen MR) is 62.6 cm³/mol. The maximum Gasteiger partial charge on any atom is 0.323 e. The average Bonchev–Trinajstić information content (AvgIpc) is 2.26. The molecule has 2 unspecified atom stereocenters. The van der Waals surface area contributed by atoms with Crippen molar-refractivity contribution in [3.8, 4) is 0 Å². The van der Waals surface area contributed by atoms with Gasteiger partial charge in [0.05, 0.1) is 6.61 Å². The molecule has 1 rings (SSSR count).